The molecule has 110 valence electrons. The van der Waals surface area contributed by atoms with Crippen LogP contribution in [-0.4, -0.2) is 56.6 Å². The van der Waals surface area contributed by atoms with E-state index in [4.69, 9.17) is 9.47 Å². The highest BCUT2D eigenvalue weighted by molar-refractivity contribution is 6.03. The van der Waals surface area contributed by atoms with Crippen molar-refractivity contribution in [3.8, 4) is 0 Å². The summed E-state index contributed by atoms with van der Waals surface area (Å²) in [5.41, 5.74) is -1.06. The van der Waals surface area contributed by atoms with Crippen LogP contribution in [0.15, 0.2) is 0 Å². The van der Waals surface area contributed by atoms with Crippen LogP contribution in [-0.2, 0) is 19.1 Å². The predicted molar refractivity (Wildman–Crippen MR) is 71.8 cm³/mol. The van der Waals surface area contributed by atoms with Gasteiger partial charge in [0.15, 0.2) is 5.78 Å². The van der Waals surface area contributed by atoms with Crippen molar-refractivity contribution in [3.05, 3.63) is 0 Å². The predicted octanol–water partition coefficient (Wildman–Crippen LogP) is 1.11. The lowest BCUT2D eigenvalue weighted by molar-refractivity contribution is -0.158. The van der Waals surface area contributed by atoms with Gasteiger partial charge >= 0.3 is 5.97 Å². The van der Waals surface area contributed by atoms with E-state index in [1.807, 2.05) is 0 Å². The van der Waals surface area contributed by atoms with Crippen LogP contribution in [0.5, 0.6) is 0 Å². The van der Waals surface area contributed by atoms with E-state index in [-0.39, 0.29) is 5.78 Å². The van der Waals surface area contributed by atoms with Gasteiger partial charge in [-0.3, -0.25) is 14.5 Å². The smallest absolute Gasteiger partial charge is 0.319 e. The minimum atomic E-state index is -1.06. The second kappa shape index (κ2) is 7.01. The summed E-state index contributed by atoms with van der Waals surface area (Å²) in [6.45, 7) is 8.10. The maximum atomic E-state index is 12.2. The summed E-state index contributed by atoms with van der Waals surface area (Å²) < 4.78 is 10.1. The maximum Gasteiger partial charge on any atom is 0.319 e. The van der Waals surface area contributed by atoms with Crippen molar-refractivity contribution >= 4 is 11.8 Å². The number of ether oxygens (including phenoxy) is 2. The van der Waals surface area contributed by atoms with Gasteiger partial charge in [-0.15, -0.1) is 0 Å². The molecule has 0 aromatic heterocycles. The molecule has 0 spiro atoms. The molecule has 1 unspecified atom stereocenters. The molecule has 0 aliphatic carbocycles. The number of esters is 1. The summed E-state index contributed by atoms with van der Waals surface area (Å²) in [6, 6.07) is 0. The fourth-order valence-corrected chi connectivity index (χ4v) is 2.25. The Morgan fingerprint density at radius 1 is 1.37 bits per heavy atom. The minimum absolute atomic E-state index is 0.0796. The number of ketones is 1. The first-order valence-electron chi connectivity index (χ1n) is 6.83. The number of Topliss-reactive ketones (excluding diaryl/α,β-unsaturated/α-hetero) is 1. The molecule has 0 saturated carbocycles. The normalized spacial score (nSPS) is 20.5. The van der Waals surface area contributed by atoms with Crippen LogP contribution in [0, 0.1) is 11.3 Å². The Morgan fingerprint density at radius 2 is 2.05 bits per heavy atom. The van der Waals surface area contributed by atoms with Crippen LogP contribution in [0.4, 0.5) is 0 Å². The number of carbonyl (C=O) groups is 2. The molecule has 1 heterocycles. The van der Waals surface area contributed by atoms with Gasteiger partial charge in [0.2, 0.25) is 0 Å². The zero-order chi connectivity index (χ0) is 14.5. The van der Waals surface area contributed by atoms with E-state index in [2.05, 4.69) is 4.90 Å². The first kappa shape index (κ1) is 16.1. The topological polar surface area (TPSA) is 55.8 Å². The van der Waals surface area contributed by atoms with E-state index in [1.54, 1.807) is 27.9 Å². The van der Waals surface area contributed by atoms with Crippen molar-refractivity contribution < 1.29 is 19.1 Å². The summed E-state index contributed by atoms with van der Waals surface area (Å²) >= 11 is 0. The summed E-state index contributed by atoms with van der Waals surface area (Å²) in [5, 5.41) is 0. The molecule has 0 bridgehead atoms. The fourth-order valence-electron chi connectivity index (χ4n) is 2.25. The molecule has 1 fully saturated rings. The summed E-state index contributed by atoms with van der Waals surface area (Å²) in [7, 11) is 1.69. The van der Waals surface area contributed by atoms with Crippen LogP contribution < -0.4 is 0 Å². The van der Waals surface area contributed by atoms with E-state index in [0.717, 1.165) is 26.1 Å². The second-order valence-corrected chi connectivity index (χ2v) is 5.61. The number of nitrogens with zero attached hydrogens (tertiary/aromatic N) is 1. The molecule has 5 heteroatoms. The van der Waals surface area contributed by atoms with E-state index in [9.17, 15) is 9.59 Å². The Kier molecular flexibility index (Phi) is 5.94. The summed E-state index contributed by atoms with van der Waals surface area (Å²) in [4.78, 5) is 26.1. The van der Waals surface area contributed by atoms with Gasteiger partial charge < -0.3 is 9.47 Å². The standard InChI is InChI=1S/C14H25NO4/c1-5-19-13(17)14(2,3)12(16)9-15-7-6-11(8-15)10-18-4/h11H,5-10H2,1-4H3. The number of likely N-dealkylation sites (tertiary alicyclic amines) is 1. The molecule has 0 radical (unpaired) electrons. The fraction of sp³-hybridized carbons (Fsp3) is 0.857. The molecule has 1 atom stereocenters. The molecular formula is C14H25NO4. The van der Waals surface area contributed by atoms with Gasteiger partial charge in [-0.25, -0.2) is 0 Å². The van der Waals surface area contributed by atoms with Crippen LogP contribution >= 0.6 is 0 Å². The van der Waals surface area contributed by atoms with E-state index in [0.29, 0.717) is 19.1 Å². The van der Waals surface area contributed by atoms with Gasteiger partial charge in [0.05, 0.1) is 19.8 Å². The SMILES string of the molecule is CCOC(=O)C(C)(C)C(=O)CN1CCC(COC)C1. The molecule has 1 rings (SSSR count). The number of carbonyl (C=O) groups excluding carboxylic acids is 2. The lowest BCUT2D eigenvalue weighted by Gasteiger charge is -2.24. The minimum Gasteiger partial charge on any atom is -0.465 e. The quantitative estimate of drug-likeness (QED) is 0.513. The van der Waals surface area contributed by atoms with Gasteiger partial charge in [-0.2, -0.15) is 0 Å². The molecule has 0 aromatic carbocycles. The van der Waals surface area contributed by atoms with Crippen molar-refractivity contribution in [2.45, 2.75) is 27.2 Å². The Morgan fingerprint density at radius 3 is 2.63 bits per heavy atom. The van der Waals surface area contributed by atoms with Gasteiger partial charge in [0.1, 0.15) is 5.41 Å². The average Bonchev–Trinajstić information content (AvgIpc) is 2.77. The van der Waals surface area contributed by atoms with Crippen molar-refractivity contribution in [2.24, 2.45) is 11.3 Å². The molecular weight excluding hydrogens is 246 g/mol. The molecule has 1 saturated heterocycles. The molecule has 19 heavy (non-hydrogen) atoms. The lowest BCUT2D eigenvalue weighted by atomic mass is 9.88. The van der Waals surface area contributed by atoms with Gasteiger partial charge in [0.25, 0.3) is 0 Å². The van der Waals surface area contributed by atoms with Crippen molar-refractivity contribution in [1.29, 1.82) is 0 Å². The van der Waals surface area contributed by atoms with Gasteiger partial charge in [-0.1, -0.05) is 0 Å². The van der Waals surface area contributed by atoms with Crippen molar-refractivity contribution in [3.63, 3.8) is 0 Å². The zero-order valence-corrected chi connectivity index (χ0v) is 12.4. The third kappa shape index (κ3) is 4.28. The maximum absolute atomic E-state index is 12.2. The third-order valence-electron chi connectivity index (χ3n) is 3.62. The highest BCUT2D eigenvalue weighted by Crippen LogP contribution is 2.22. The molecule has 1 aliphatic rings. The van der Waals surface area contributed by atoms with Crippen LogP contribution in [0.1, 0.15) is 27.2 Å². The lowest BCUT2D eigenvalue weighted by Crippen LogP contribution is -2.41. The molecule has 0 N–H and O–H groups in total. The monoisotopic (exact) mass is 271 g/mol. The van der Waals surface area contributed by atoms with Crippen LogP contribution in [0.2, 0.25) is 0 Å². The highest BCUT2D eigenvalue weighted by Gasteiger charge is 2.38. The Balaban J connectivity index is 2.49. The Hall–Kier alpha value is -0.940. The van der Waals surface area contributed by atoms with Crippen LogP contribution in [0.25, 0.3) is 0 Å². The number of hydrogen-bond acceptors (Lipinski definition) is 5. The van der Waals surface area contributed by atoms with E-state index in [1.165, 1.54) is 0 Å². The summed E-state index contributed by atoms with van der Waals surface area (Å²) in [5.74, 6) is -0.0276. The Bertz CT molecular complexity index is 327. The molecule has 0 aromatic rings. The first-order chi connectivity index (χ1) is 8.91. The van der Waals surface area contributed by atoms with Gasteiger partial charge in [-0.05, 0) is 39.7 Å². The van der Waals surface area contributed by atoms with Crippen molar-refractivity contribution in [1.82, 2.24) is 4.90 Å². The van der Waals surface area contributed by atoms with Crippen LogP contribution in [0.3, 0.4) is 0 Å². The average molecular weight is 271 g/mol. The zero-order valence-electron chi connectivity index (χ0n) is 12.4. The van der Waals surface area contributed by atoms with Gasteiger partial charge in [0, 0.05) is 13.7 Å². The van der Waals surface area contributed by atoms with E-state index >= 15 is 0 Å². The number of rotatable bonds is 7. The third-order valence-corrected chi connectivity index (χ3v) is 3.62. The Labute approximate surface area is 115 Å². The molecule has 1 aliphatic heterocycles. The highest BCUT2D eigenvalue weighted by atomic mass is 16.5. The number of methoxy groups -OCH3 is 1. The van der Waals surface area contributed by atoms with E-state index < -0.39 is 11.4 Å². The summed E-state index contributed by atoms with van der Waals surface area (Å²) in [6.07, 6.45) is 1.04. The van der Waals surface area contributed by atoms with Crippen molar-refractivity contribution in [2.75, 3.05) is 40.0 Å². The first-order valence-corrected chi connectivity index (χ1v) is 6.83. The second-order valence-electron chi connectivity index (χ2n) is 5.61. The molecule has 0 amide bonds. The largest absolute Gasteiger partial charge is 0.465 e. The molecule has 5 nitrogen and oxygen atoms in total. The number of hydrogen-bond donors (Lipinski definition) is 0.